The quantitative estimate of drug-likeness (QED) is 0.531. The first-order valence-corrected chi connectivity index (χ1v) is 9.40. The molecular formula is C21H23ClN4. The van der Waals surface area contributed by atoms with Crippen LogP contribution in [0.1, 0.15) is 29.2 Å². The highest BCUT2D eigenvalue weighted by Gasteiger charge is 2.11. The van der Waals surface area contributed by atoms with E-state index in [0.29, 0.717) is 5.88 Å². The molecule has 134 valence electrons. The van der Waals surface area contributed by atoms with E-state index in [4.69, 9.17) is 16.6 Å². The lowest BCUT2D eigenvalue weighted by Crippen LogP contribution is -2.24. The van der Waals surface area contributed by atoms with Crippen LogP contribution < -0.4 is 0 Å². The summed E-state index contributed by atoms with van der Waals surface area (Å²) in [4.78, 5) is 16.0. The Balaban J connectivity index is 1.74. The largest absolute Gasteiger partial charge is 0.286 e. The number of hydrogen-bond donors (Lipinski definition) is 0. The van der Waals surface area contributed by atoms with Gasteiger partial charge in [-0.1, -0.05) is 18.2 Å². The third kappa shape index (κ3) is 5.90. The van der Waals surface area contributed by atoms with Crippen molar-refractivity contribution in [3.8, 4) is 0 Å². The predicted molar refractivity (Wildman–Crippen MR) is 105 cm³/mol. The second-order valence-electron chi connectivity index (χ2n) is 6.20. The van der Waals surface area contributed by atoms with E-state index in [1.54, 1.807) is 0 Å². The average Bonchev–Trinajstić information content (AvgIpc) is 2.68. The van der Waals surface area contributed by atoms with Crippen molar-refractivity contribution in [3.63, 3.8) is 0 Å². The maximum atomic E-state index is 5.81. The molecule has 5 heteroatoms. The summed E-state index contributed by atoms with van der Waals surface area (Å²) < 4.78 is 0. The number of hydrogen-bond acceptors (Lipinski definition) is 4. The maximum absolute atomic E-state index is 5.81. The molecule has 0 bridgehead atoms. The number of halogens is 1. The molecule has 26 heavy (non-hydrogen) atoms. The molecule has 0 aliphatic rings. The molecule has 0 unspecified atom stereocenters. The Morgan fingerprint density at radius 1 is 0.692 bits per heavy atom. The number of aryl methyl sites for hydroxylation is 1. The average molecular weight is 367 g/mol. The summed E-state index contributed by atoms with van der Waals surface area (Å²) in [7, 11) is 0. The number of nitrogens with zero attached hydrogens (tertiary/aromatic N) is 4. The summed E-state index contributed by atoms with van der Waals surface area (Å²) in [5.74, 6) is 0.664. The molecule has 0 amide bonds. The Kier molecular flexibility index (Phi) is 7.11. The number of aromatic nitrogens is 3. The minimum atomic E-state index is 0.664. The first-order valence-electron chi connectivity index (χ1n) is 8.86. The van der Waals surface area contributed by atoms with Gasteiger partial charge >= 0.3 is 0 Å². The monoisotopic (exact) mass is 366 g/mol. The van der Waals surface area contributed by atoms with Crippen LogP contribution in [0.3, 0.4) is 0 Å². The van der Waals surface area contributed by atoms with E-state index in [1.807, 2.05) is 36.7 Å². The highest BCUT2D eigenvalue weighted by Crippen LogP contribution is 2.12. The van der Waals surface area contributed by atoms with Gasteiger partial charge in [-0.3, -0.25) is 19.9 Å². The van der Waals surface area contributed by atoms with Gasteiger partial charge in [0.05, 0.1) is 17.1 Å². The van der Waals surface area contributed by atoms with E-state index in [1.165, 1.54) is 0 Å². The van der Waals surface area contributed by atoms with Gasteiger partial charge in [0.2, 0.25) is 0 Å². The maximum Gasteiger partial charge on any atom is 0.0547 e. The molecule has 3 aromatic heterocycles. The summed E-state index contributed by atoms with van der Waals surface area (Å²) in [6.07, 6.45) is 5.53. The molecule has 3 aromatic rings. The Labute approximate surface area is 159 Å². The molecule has 0 aliphatic carbocycles. The minimum absolute atomic E-state index is 0.664. The number of rotatable bonds is 9. The van der Waals surface area contributed by atoms with E-state index in [2.05, 4.69) is 45.2 Å². The molecular weight excluding hydrogens is 344 g/mol. The van der Waals surface area contributed by atoms with E-state index in [9.17, 15) is 0 Å². The van der Waals surface area contributed by atoms with Crippen molar-refractivity contribution in [3.05, 3.63) is 89.8 Å². The molecule has 0 fully saturated rings. The van der Waals surface area contributed by atoms with E-state index in [0.717, 1.165) is 55.3 Å². The van der Waals surface area contributed by atoms with Gasteiger partial charge in [-0.25, -0.2) is 0 Å². The second kappa shape index (κ2) is 10.00. The molecule has 3 heterocycles. The Morgan fingerprint density at radius 2 is 1.27 bits per heavy atom. The van der Waals surface area contributed by atoms with Crippen LogP contribution in [0.15, 0.2) is 67.0 Å². The number of pyridine rings is 3. The first-order chi connectivity index (χ1) is 12.8. The highest BCUT2D eigenvalue weighted by molar-refractivity contribution is 6.17. The summed E-state index contributed by atoms with van der Waals surface area (Å²) in [5, 5.41) is 0. The zero-order valence-corrected chi connectivity index (χ0v) is 15.5. The SMILES string of the molecule is ClCCCc1cccc(CN(Cc2ccccn2)Cc2ccccn2)n1. The van der Waals surface area contributed by atoms with Crippen LogP contribution >= 0.6 is 11.6 Å². The van der Waals surface area contributed by atoms with Crippen LogP contribution in [-0.4, -0.2) is 25.7 Å². The Morgan fingerprint density at radius 3 is 1.85 bits per heavy atom. The first kappa shape index (κ1) is 18.5. The van der Waals surface area contributed by atoms with Crippen LogP contribution in [0.25, 0.3) is 0 Å². The van der Waals surface area contributed by atoms with Gasteiger partial charge in [-0.2, -0.15) is 0 Å². The van der Waals surface area contributed by atoms with Crippen molar-refractivity contribution >= 4 is 11.6 Å². The summed E-state index contributed by atoms with van der Waals surface area (Å²) in [6, 6.07) is 18.2. The predicted octanol–water partition coefficient (Wildman–Crippen LogP) is 4.25. The fraction of sp³-hybridized carbons (Fsp3) is 0.286. The Hall–Kier alpha value is -2.30. The van der Waals surface area contributed by atoms with Crippen molar-refractivity contribution in [1.29, 1.82) is 0 Å². The third-order valence-electron chi connectivity index (χ3n) is 4.04. The van der Waals surface area contributed by atoms with Gasteiger partial charge in [0.15, 0.2) is 0 Å². The standard InChI is InChI=1S/C21H23ClN4/c22-12-6-11-18-9-5-10-21(25-18)17-26(15-19-7-1-3-13-23-19)16-20-8-2-4-14-24-20/h1-5,7-10,13-14H,6,11-12,15-17H2. The van der Waals surface area contributed by atoms with Crippen molar-refractivity contribution in [2.75, 3.05) is 5.88 Å². The van der Waals surface area contributed by atoms with Crippen molar-refractivity contribution in [2.45, 2.75) is 32.5 Å². The molecule has 0 aromatic carbocycles. The summed E-state index contributed by atoms with van der Waals surface area (Å²) in [5.41, 5.74) is 4.24. The van der Waals surface area contributed by atoms with Gasteiger partial charge in [-0.15, -0.1) is 11.6 Å². The Bertz CT molecular complexity index is 739. The van der Waals surface area contributed by atoms with Gasteiger partial charge < -0.3 is 0 Å². The summed E-state index contributed by atoms with van der Waals surface area (Å²) >= 11 is 5.81. The topological polar surface area (TPSA) is 41.9 Å². The van der Waals surface area contributed by atoms with Crippen LogP contribution in [0, 0.1) is 0 Å². The zero-order chi connectivity index (χ0) is 18.0. The second-order valence-corrected chi connectivity index (χ2v) is 6.58. The highest BCUT2D eigenvalue weighted by atomic mass is 35.5. The van der Waals surface area contributed by atoms with E-state index in [-0.39, 0.29) is 0 Å². The lowest BCUT2D eigenvalue weighted by atomic mass is 10.2. The van der Waals surface area contributed by atoms with Gasteiger partial charge in [0.1, 0.15) is 0 Å². The molecule has 0 radical (unpaired) electrons. The van der Waals surface area contributed by atoms with Crippen molar-refractivity contribution < 1.29 is 0 Å². The normalized spacial score (nSPS) is 11.0. The van der Waals surface area contributed by atoms with Gasteiger partial charge in [0.25, 0.3) is 0 Å². The van der Waals surface area contributed by atoms with E-state index < -0.39 is 0 Å². The van der Waals surface area contributed by atoms with Crippen molar-refractivity contribution in [1.82, 2.24) is 19.9 Å². The van der Waals surface area contributed by atoms with Crippen molar-refractivity contribution in [2.24, 2.45) is 0 Å². The minimum Gasteiger partial charge on any atom is -0.286 e. The lowest BCUT2D eigenvalue weighted by Gasteiger charge is -2.21. The van der Waals surface area contributed by atoms with Crippen LogP contribution in [-0.2, 0) is 26.1 Å². The smallest absolute Gasteiger partial charge is 0.0547 e. The molecule has 0 N–H and O–H groups in total. The van der Waals surface area contributed by atoms with E-state index >= 15 is 0 Å². The molecule has 0 atom stereocenters. The number of alkyl halides is 1. The van der Waals surface area contributed by atoms with Crippen LogP contribution in [0.2, 0.25) is 0 Å². The fourth-order valence-corrected chi connectivity index (χ4v) is 2.98. The molecule has 0 saturated carbocycles. The molecule has 0 spiro atoms. The summed E-state index contributed by atoms with van der Waals surface area (Å²) in [6.45, 7) is 2.26. The molecule has 0 saturated heterocycles. The van der Waals surface area contributed by atoms with Crippen LogP contribution in [0.5, 0.6) is 0 Å². The van der Waals surface area contributed by atoms with Gasteiger partial charge in [0, 0.05) is 43.6 Å². The van der Waals surface area contributed by atoms with Gasteiger partial charge in [-0.05, 0) is 49.2 Å². The zero-order valence-electron chi connectivity index (χ0n) is 14.8. The van der Waals surface area contributed by atoms with Crippen LogP contribution in [0.4, 0.5) is 0 Å². The third-order valence-corrected chi connectivity index (χ3v) is 4.31. The fourth-order valence-electron chi connectivity index (χ4n) is 2.84. The molecule has 0 aliphatic heterocycles. The lowest BCUT2D eigenvalue weighted by molar-refractivity contribution is 0.238. The molecule has 3 rings (SSSR count). The molecule has 4 nitrogen and oxygen atoms in total.